The number of amides is 1. The number of phenols is 1. The zero-order valence-corrected chi connectivity index (χ0v) is 10.3. The van der Waals surface area contributed by atoms with E-state index in [1.54, 1.807) is 24.3 Å². The molecule has 1 aromatic rings. The summed E-state index contributed by atoms with van der Waals surface area (Å²) in [6.45, 7) is 3.96. The Morgan fingerprint density at radius 1 is 1.41 bits per heavy atom. The smallest absolute Gasteiger partial charge is 0.237 e. The molecule has 4 nitrogen and oxygen atoms in total. The number of hydrogen-bond acceptors (Lipinski definition) is 3. The van der Waals surface area contributed by atoms with Crippen molar-refractivity contribution in [2.45, 2.75) is 38.8 Å². The summed E-state index contributed by atoms with van der Waals surface area (Å²) in [6, 6.07) is 6.32. The average Bonchev–Trinajstić information content (AvgIpc) is 2.31. The minimum absolute atomic E-state index is 0.132. The highest BCUT2D eigenvalue weighted by Gasteiger charge is 2.15. The van der Waals surface area contributed by atoms with Crippen molar-refractivity contribution >= 4 is 5.91 Å². The highest BCUT2D eigenvalue weighted by Crippen LogP contribution is 2.10. The van der Waals surface area contributed by atoms with E-state index < -0.39 is 6.04 Å². The summed E-state index contributed by atoms with van der Waals surface area (Å²) in [7, 11) is 0. The molecule has 1 rings (SSSR count). The molecule has 0 saturated carbocycles. The van der Waals surface area contributed by atoms with Crippen LogP contribution in [0, 0.1) is 0 Å². The molecule has 4 heteroatoms. The molecule has 2 atom stereocenters. The topological polar surface area (TPSA) is 75.4 Å². The Hall–Kier alpha value is -1.55. The second kappa shape index (κ2) is 6.25. The first kappa shape index (κ1) is 13.5. The molecule has 0 aliphatic heterocycles. The summed E-state index contributed by atoms with van der Waals surface area (Å²) in [5.41, 5.74) is 6.76. The summed E-state index contributed by atoms with van der Waals surface area (Å²) in [6.07, 6.45) is 1.36. The van der Waals surface area contributed by atoms with Crippen LogP contribution < -0.4 is 11.1 Å². The summed E-state index contributed by atoms with van der Waals surface area (Å²) in [4.78, 5) is 11.7. The molecule has 0 bridgehead atoms. The quantitative estimate of drug-likeness (QED) is 0.718. The lowest BCUT2D eigenvalue weighted by molar-refractivity contribution is -0.122. The molecule has 0 spiro atoms. The first-order valence-electron chi connectivity index (χ1n) is 5.86. The van der Waals surface area contributed by atoms with E-state index in [1.165, 1.54) is 0 Å². The minimum Gasteiger partial charge on any atom is -0.508 e. The number of benzene rings is 1. The van der Waals surface area contributed by atoms with E-state index >= 15 is 0 Å². The van der Waals surface area contributed by atoms with Crippen molar-refractivity contribution < 1.29 is 9.90 Å². The molecule has 1 amide bonds. The number of nitrogens with two attached hydrogens (primary N) is 1. The maximum Gasteiger partial charge on any atom is 0.237 e. The maximum atomic E-state index is 11.7. The SMILES string of the molecule is CCC(C)NC(=O)C(N)Cc1ccc(O)cc1. The van der Waals surface area contributed by atoms with Crippen LogP contribution in [0.1, 0.15) is 25.8 Å². The molecular weight excluding hydrogens is 216 g/mol. The fraction of sp³-hybridized carbons (Fsp3) is 0.462. The number of carbonyl (C=O) groups is 1. The molecule has 2 unspecified atom stereocenters. The number of rotatable bonds is 5. The number of nitrogens with one attached hydrogen (secondary N) is 1. The van der Waals surface area contributed by atoms with Gasteiger partial charge in [-0.15, -0.1) is 0 Å². The van der Waals surface area contributed by atoms with Crippen molar-refractivity contribution in [3.63, 3.8) is 0 Å². The monoisotopic (exact) mass is 236 g/mol. The number of phenolic OH excluding ortho intramolecular Hbond substituents is 1. The van der Waals surface area contributed by atoms with Gasteiger partial charge in [-0.2, -0.15) is 0 Å². The summed E-state index contributed by atoms with van der Waals surface area (Å²) < 4.78 is 0. The third-order valence-electron chi connectivity index (χ3n) is 2.73. The largest absolute Gasteiger partial charge is 0.508 e. The summed E-state index contributed by atoms with van der Waals surface area (Å²) in [5.74, 6) is 0.0822. The Balaban J connectivity index is 2.51. The summed E-state index contributed by atoms with van der Waals surface area (Å²) in [5, 5.41) is 12.0. The molecule has 0 heterocycles. The number of aromatic hydroxyl groups is 1. The van der Waals surface area contributed by atoms with Gasteiger partial charge in [0, 0.05) is 6.04 Å². The first-order chi connectivity index (χ1) is 8.02. The van der Waals surface area contributed by atoms with Gasteiger partial charge >= 0.3 is 0 Å². The number of carbonyl (C=O) groups excluding carboxylic acids is 1. The van der Waals surface area contributed by atoms with E-state index in [-0.39, 0.29) is 17.7 Å². The normalized spacial score (nSPS) is 14.1. The van der Waals surface area contributed by atoms with Crippen molar-refractivity contribution in [2.24, 2.45) is 5.73 Å². The lowest BCUT2D eigenvalue weighted by Gasteiger charge is -2.16. The first-order valence-corrected chi connectivity index (χ1v) is 5.86. The molecule has 0 radical (unpaired) electrons. The highest BCUT2D eigenvalue weighted by molar-refractivity contribution is 5.82. The molecule has 4 N–H and O–H groups in total. The van der Waals surface area contributed by atoms with Gasteiger partial charge in [-0.1, -0.05) is 19.1 Å². The molecule has 0 aliphatic rings. The zero-order chi connectivity index (χ0) is 12.8. The third-order valence-corrected chi connectivity index (χ3v) is 2.73. The van der Waals surface area contributed by atoms with Gasteiger partial charge in [0.15, 0.2) is 0 Å². The van der Waals surface area contributed by atoms with E-state index in [0.717, 1.165) is 12.0 Å². The second-order valence-corrected chi connectivity index (χ2v) is 4.29. The Labute approximate surface area is 102 Å². The van der Waals surface area contributed by atoms with Crippen molar-refractivity contribution in [1.82, 2.24) is 5.32 Å². The Morgan fingerprint density at radius 3 is 2.53 bits per heavy atom. The molecule has 0 aliphatic carbocycles. The van der Waals surface area contributed by atoms with Crippen LogP contribution in [0.5, 0.6) is 5.75 Å². The van der Waals surface area contributed by atoms with Crippen molar-refractivity contribution in [3.05, 3.63) is 29.8 Å². The Kier molecular flexibility index (Phi) is 4.97. The average molecular weight is 236 g/mol. The molecular formula is C13H20N2O2. The van der Waals surface area contributed by atoms with Crippen LogP contribution in [-0.4, -0.2) is 23.1 Å². The molecule has 0 aromatic heterocycles. The highest BCUT2D eigenvalue weighted by atomic mass is 16.3. The second-order valence-electron chi connectivity index (χ2n) is 4.29. The third kappa shape index (κ3) is 4.44. The van der Waals surface area contributed by atoms with Gasteiger partial charge in [0.2, 0.25) is 5.91 Å². The van der Waals surface area contributed by atoms with Gasteiger partial charge in [-0.25, -0.2) is 0 Å². The summed E-state index contributed by atoms with van der Waals surface area (Å²) >= 11 is 0. The van der Waals surface area contributed by atoms with E-state index in [4.69, 9.17) is 10.8 Å². The zero-order valence-electron chi connectivity index (χ0n) is 10.3. The van der Waals surface area contributed by atoms with Gasteiger partial charge in [-0.3, -0.25) is 4.79 Å². The molecule has 1 aromatic carbocycles. The predicted octanol–water partition coefficient (Wildman–Crippen LogP) is 1.18. The fourth-order valence-corrected chi connectivity index (χ4v) is 1.43. The van der Waals surface area contributed by atoms with Crippen molar-refractivity contribution in [1.29, 1.82) is 0 Å². The van der Waals surface area contributed by atoms with Crippen LogP contribution in [0.4, 0.5) is 0 Å². The minimum atomic E-state index is -0.548. The van der Waals surface area contributed by atoms with Crippen LogP contribution in [0.25, 0.3) is 0 Å². The predicted molar refractivity (Wildman–Crippen MR) is 67.7 cm³/mol. The van der Waals surface area contributed by atoms with Crippen LogP contribution in [0.3, 0.4) is 0 Å². The van der Waals surface area contributed by atoms with Crippen LogP contribution in [-0.2, 0) is 11.2 Å². The van der Waals surface area contributed by atoms with Gasteiger partial charge in [0.25, 0.3) is 0 Å². The van der Waals surface area contributed by atoms with E-state index in [2.05, 4.69) is 5.32 Å². The van der Waals surface area contributed by atoms with Gasteiger partial charge in [-0.05, 0) is 37.5 Å². The van der Waals surface area contributed by atoms with Crippen LogP contribution in [0.2, 0.25) is 0 Å². The fourth-order valence-electron chi connectivity index (χ4n) is 1.43. The molecule has 94 valence electrons. The van der Waals surface area contributed by atoms with Crippen LogP contribution in [0.15, 0.2) is 24.3 Å². The number of hydrogen-bond donors (Lipinski definition) is 3. The Bertz CT molecular complexity index is 362. The van der Waals surface area contributed by atoms with Gasteiger partial charge < -0.3 is 16.2 Å². The Morgan fingerprint density at radius 2 is 2.00 bits per heavy atom. The van der Waals surface area contributed by atoms with Gasteiger partial charge in [0.1, 0.15) is 5.75 Å². The van der Waals surface area contributed by atoms with Crippen LogP contribution >= 0.6 is 0 Å². The lowest BCUT2D eigenvalue weighted by Crippen LogP contribution is -2.45. The van der Waals surface area contributed by atoms with E-state index in [1.807, 2.05) is 13.8 Å². The molecule has 0 saturated heterocycles. The van der Waals surface area contributed by atoms with E-state index in [9.17, 15) is 4.79 Å². The van der Waals surface area contributed by atoms with Crippen molar-refractivity contribution in [3.8, 4) is 5.75 Å². The standard InChI is InChI=1S/C13H20N2O2/c1-3-9(2)15-13(17)12(14)8-10-4-6-11(16)7-5-10/h4-7,9,12,16H,3,8,14H2,1-2H3,(H,15,17). The lowest BCUT2D eigenvalue weighted by atomic mass is 10.1. The van der Waals surface area contributed by atoms with E-state index in [0.29, 0.717) is 6.42 Å². The maximum absolute atomic E-state index is 11.7. The van der Waals surface area contributed by atoms with Crippen molar-refractivity contribution in [2.75, 3.05) is 0 Å². The molecule has 0 fully saturated rings. The van der Waals surface area contributed by atoms with Gasteiger partial charge in [0.05, 0.1) is 6.04 Å². The molecule has 17 heavy (non-hydrogen) atoms.